The Kier molecular flexibility index (Phi) is 4.49. The Bertz CT molecular complexity index is 681. The molecule has 0 aromatic heterocycles. The average Bonchev–Trinajstić information content (AvgIpc) is 2.40. The minimum atomic E-state index is -4.49. The van der Waals surface area contributed by atoms with Crippen LogP contribution in [0.3, 0.4) is 0 Å². The van der Waals surface area contributed by atoms with E-state index in [1.54, 1.807) is 12.1 Å². The zero-order valence-corrected chi connectivity index (χ0v) is 12.3. The van der Waals surface area contributed by atoms with E-state index in [1.807, 2.05) is 6.92 Å². The van der Waals surface area contributed by atoms with Crippen LogP contribution in [0, 0.1) is 6.92 Å². The maximum absolute atomic E-state index is 12.4. The lowest BCUT2D eigenvalue weighted by Gasteiger charge is -2.14. The summed E-state index contributed by atoms with van der Waals surface area (Å²) >= 11 is 0. The van der Waals surface area contributed by atoms with Gasteiger partial charge < -0.3 is 9.05 Å². The number of halogens is 3. The van der Waals surface area contributed by atoms with Crippen LogP contribution in [0.4, 0.5) is 13.2 Å². The van der Waals surface area contributed by atoms with Gasteiger partial charge in [-0.05, 0) is 43.3 Å². The molecular formula is C14H12F3O4P. The van der Waals surface area contributed by atoms with E-state index in [0.717, 1.165) is 29.8 Å². The molecule has 1 unspecified atom stereocenters. The Morgan fingerprint density at radius 2 is 1.32 bits per heavy atom. The summed E-state index contributed by atoms with van der Waals surface area (Å²) in [4.78, 5) is 9.61. The molecule has 0 radical (unpaired) electrons. The largest absolute Gasteiger partial charge is 0.584 e. The summed E-state index contributed by atoms with van der Waals surface area (Å²) in [5.41, 5.74) is 0.0517. The summed E-state index contributed by atoms with van der Waals surface area (Å²) in [5.74, 6) is -0.0886. The number of hydrogen-bond donors (Lipinski definition) is 1. The van der Waals surface area contributed by atoms with Gasteiger partial charge in [-0.2, -0.15) is 13.2 Å². The number of hydrogen-bond acceptors (Lipinski definition) is 3. The van der Waals surface area contributed by atoms with Crippen LogP contribution in [0.1, 0.15) is 11.1 Å². The molecule has 2 aromatic rings. The summed E-state index contributed by atoms with van der Waals surface area (Å²) < 4.78 is 58.6. The lowest BCUT2D eigenvalue weighted by Crippen LogP contribution is -2.04. The normalized spacial score (nSPS) is 14.2. The molecule has 22 heavy (non-hydrogen) atoms. The number of alkyl halides is 3. The molecular weight excluding hydrogens is 320 g/mol. The van der Waals surface area contributed by atoms with Gasteiger partial charge in [-0.3, -0.25) is 4.89 Å². The van der Waals surface area contributed by atoms with Gasteiger partial charge in [0.2, 0.25) is 0 Å². The fourth-order valence-electron chi connectivity index (χ4n) is 1.59. The number of rotatable bonds is 4. The van der Waals surface area contributed by atoms with Crippen LogP contribution in [-0.4, -0.2) is 4.89 Å². The van der Waals surface area contributed by atoms with Crippen LogP contribution in [-0.2, 0) is 10.7 Å². The second kappa shape index (κ2) is 6.02. The smallest absolute Gasteiger partial charge is 0.395 e. The fourth-order valence-corrected chi connectivity index (χ4v) is 2.40. The standard InChI is InChI=1S/C14H12F3O4P/c1-10-2-6-12(7-3-10)20-22(18,19)21-13-8-4-11(5-9-13)14(15,16)17/h2-9H,1H3,(H,18,19). The Balaban J connectivity index is 2.08. The molecule has 0 aliphatic heterocycles. The number of benzene rings is 2. The molecule has 0 bridgehead atoms. The molecule has 0 aliphatic rings. The van der Waals surface area contributed by atoms with Crippen molar-refractivity contribution in [3.63, 3.8) is 0 Å². The van der Waals surface area contributed by atoms with Crippen molar-refractivity contribution in [2.45, 2.75) is 13.1 Å². The van der Waals surface area contributed by atoms with Crippen LogP contribution >= 0.6 is 7.82 Å². The van der Waals surface area contributed by atoms with E-state index in [1.165, 1.54) is 12.1 Å². The van der Waals surface area contributed by atoms with Crippen LogP contribution in [0.5, 0.6) is 11.5 Å². The zero-order valence-electron chi connectivity index (χ0n) is 11.4. The fraction of sp³-hybridized carbons (Fsp3) is 0.143. The van der Waals surface area contributed by atoms with E-state index >= 15 is 0 Å². The van der Waals surface area contributed by atoms with Crippen molar-refractivity contribution in [1.29, 1.82) is 0 Å². The summed E-state index contributed by atoms with van der Waals surface area (Å²) in [6.45, 7) is 1.83. The quantitative estimate of drug-likeness (QED) is 0.833. The maximum atomic E-state index is 12.4. The lowest BCUT2D eigenvalue weighted by atomic mass is 10.2. The highest BCUT2D eigenvalue weighted by Gasteiger charge is 2.31. The van der Waals surface area contributed by atoms with Crippen LogP contribution in [0.2, 0.25) is 0 Å². The first kappa shape index (κ1) is 16.4. The predicted molar refractivity (Wildman–Crippen MR) is 73.7 cm³/mol. The highest BCUT2D eigenvalue weighted by atomic mass is 31.2. The maximum Gasteiger partial charge on any atom is 0.584 e. The summed E-state index contributed by atoms with van der Waals surface area (Å²) in [5, 5.41) is 0. The molecule has 1 atom stereocenters. The van der Waals surface area contributed by atoms with Crippen molar-refractivity contribution in [1.82, 2.24) is 0 Å². The lowest BCUT2D eigenvalue weighted by molar-refractivity contribution is -0.137. The van der Waals surface area contributed by atoms with Crippen molar-refractivity contribution < 1.29 is 31.7 Å². The Hall–Kier alpha value is -1.98. The van der Waals surface area contributed by atoms with Crippen LogP contribution in [0.25, 0.3) is 0 Å². The van der Waals surface area contributed by atoms with E-state index in [0.29, 0.717) is 0 Å². The SMILES string of the molecule is Cc1ccc(OP(=O)(O)Oc2ccc(C(F)(F)F)cc2)cc1. The highest BCUT2D eigenvalue weighted by Crippen LogP contribution is 2.44. The van der Waals surface area contributed by atoms with Crippen LogP contribution < -0.4 is 9.05 Å². The van der Waals surface area contributed by atoms with Crippen molar-refractivity contribution in [3.8, 4) is 11.5 Å². The number of phosphoric ester groups is 1. The van der Waals surface area contributed by atoms with Gasteiger partial charge >= 0.3 is 14.0 Å². The average molecular weight is 332 g/mol. The third-order valence-corrected chi connectivity index (χ3v) is 3.53. The molecule has 0 aliphatic carbocycles. The molecule has 0 saturated carbocycles. The van der Waals surface area contributed by atoms with E-state index in [4.69, 9.17) is 9.05 Å². The molecule has 2 rings (SSSR count). The number of aryl methyl sites for hydroxylation is 1. The van der Waals surface area contributed by atoms with Gasteiger partial charge in [-0.1, -0.05) is 17.7 Å². The Morgan fingerprint density at radius 1 is 0.909 bits per heavy atom. The van der Waals surface area contributed by atoms with Gasteiger partial charge in [-0.15, -0.1) is 0 Å². The van der Waals surface area contributed by atoms with E-state index < -0.39 is 19.6 Å². The van der Waals surface area contributed by atoms with E-state index in [2.05, 4.69) is 0 Å². The van der Waals surface area contributed by atoms with E-state index in [-0.39, 0.29) is 11.5 Å². The van der Waals surface area contributed by atoms with Crippen molar-refractivity contribution in [2.24, 2.45) is 0 Å². The predicted octanol–water partition coefficient (Wildman–Crippen LogP) is 4.57. The molecule has 4 nitrogen and oxygen atoms in total. The van der Waals surface area contributed by atoms with Gasteiger partial charge in [0.15, 0.2) is 0 Å². The van der Waals surface area contributed by atoms with Crippen molar-refractivity contribution >= 4 is 7.82 Å². The molecule has 118 valence electrons. The van der Waals surface area contributed by atoms with Gasteiger partial charge in [0, 0.05) is 0 Å². The third-order valence-electron chi connectivity index (χ3n) is 2.64. The first-order valence-corrected chi connectivity index (χ1v) is 7.61. The van der Waals surface area contributed by atoms with Crippen LogP contribution in [0.15, 0.2) is 48.5 Å². The van der Waals surface area contributed by atoms with Gasteiger partial charge in [0.25, 0.3) is 0 Å². The molecule has 0 fully saturated rings. The summed E-state index contributed by atoms with van der Waals surface area (Å²) in [6.07, 6.45) is -4.49. The molecule has 2 aromatic carbocycles. The molecule has 8 heteroatoms. The molecule has 0 amide bonds. The Morgan fingerprint density at radius 3 is 1.73 bits per heavy atom. The Labute approximate surface area is 124 Å². The topological polar surface area (TPSA) is 55.8 Å². The molecule has 0 heterocycles. The first-order chi connectivity index (χ1) is 10.2. The summed E-state index contributed by atoms with van der Waals surface area (Å²) in [6, 6.07) is 9.71. The minimum Gasteiger partial charge on any atom is -0.395 e. The highest BCUT2D eigenvalue weighted by molar-refractivity contribution is 7.48. The van der Waals surface area contributed by atoms with E-state index in [9.17, 15) is 22.6 Å². The third kappa shape index (κ3) is 4.51. The van der Waals surface area contributed by atoms with Gasteiger partial charge in [-0.25, -0.2) is 4.57 Å². The van der Waals surface area contributed by atoms with Gasteiger partial charge in [0.1, 0.15) is 11.5 Å². The summed E-state index contributed by atoms with van der Waals surface area (Å²) in [7, 11) is -4.49. The second-order valence-corrected chi connectivity index (χ2v) is 5.79. The first-order valence-electron chi connectivity index (χ1n) is 6.12. The van der Waals surface area contributed by atoms with Crippen molar-refractivity contribution in [3.05, 3.63) is 59.7 Å². The van der Waals surface area contributed by atoms with Gasteiger partial charge in [0.05, 0.1) is 5.56 Å². The molecule has 0 saturated heterocycles. The van der Waals surface area contributed by atoms with Crippen molar-refractivity contribution in [2.75, 3.05) is 0 Å². The minimum absolute atomic E-state index is 0.114. The monoisotopic (exact) mass is 332 g/mol. The molecule has 1 N–H and O–H groups in total. The second-order valence-electron chi connectivity index (χ2n) is 4.49. The zero-order chi connectivity index (χ0) is 16.4. The number of phosphoric acid groups is 1. The molecule has 0 spiro atoms.